The van der Waals surface area contributed by atoms with E-state index in [-0.39, 0.29) is 12.3 Å². The van der Waals surface area contributed by atoms with Crippen LogP contribution >= 0.6 is 0 Å². The minimum absolute atomic E-state index is 0.0954. The maximum atomic E-state index is 13.2. The fraction of sp³-hybridized carbons (Fsp3) is 0.320. The standard InChI is InChI=1S/C25H26F3NO3/c1-31-22-13-12-21(17-23(22)32-2)29(24(30)16-19-6-4-3-5-7-19)15-14-18-8-10-20(11-9-18)25(26,27)28/h4,6-13,17H,3,5,14-16H2,1-2H3. The number of carbonyl (C=O) groups excluding carboxylic acids is 1. The highest BCUT2D eigenvalue weighted by Crippen LogP contribution is 2.33. The zero-order valence-corrected chi connectivity index (χ0v) is 18.1. The molecule has 0 saturated heterocycles. The smallest absolute Gasteiger partial charge is 0.416 e. The van der Waals surface area contributed by atoms with E-state index >= 15 is 0 Å². The predicted molar refractivity (Wildman–Crippen MR) is 118 cm³/mol. The molecule has 0 atom stereocenters. The van der Waals surface area contributed by atoms with E-state index in [4.69, 9.17) is 9.47 Å². The molecular weight excluding hydrogens is 419 g/mol. The first-order chi connectivity index (χ1) is 15.3. The summed E-state index contributed by atoms with van der Waals surface area (Å²) in [6.07, 6.45) is 4.22. The number of alkyl halides is 3. The first-order valence-corrected chi connectivity index (χ1v) is 10.4. The number of nitrogens with zero attached hydrogens (tertiary/aromatic N) is 1. The molecule has 0 spiro atoms. The van der Waals surface area contributed by atoms with E-state index in [1.807, 2.05) is 12.2 Å². The maximum absolute atomic E-state index is 13.2. The lowest BCUT2D eigenvalue weighted by atomic mass is 10.0. The molecule has 2 aromatic carbocycles. The summed E-state index contributed by atoms with van der Waals surface area (Å²) in [5.41, 5.74) is 1.62. The molecule has 1 aliphatic rings. The molecule has 7 heteroatoms. The van der Waals surface area contributed by atoms with E-state index in [1.54, 1.807) is 23.1 Å². The van der Waals surface area contributed by atoms with Crippen LogP contribution in [0.15, 0.2) is 66.3 Å². The topological polar surface area (TPSA) is 38.8 Å². The number of carbonyl (C=O) groups is 1. The first kappa shape index (κ1) is 23.4. The van der Waals surface area contributed by atoms with Crippen molar-refractivity contribution >= 4 is 11.6 Å². The summed E-state index contributed by atoms with van der Waals surface area (Å²) in [7, 11) is 3.06. The van der Waals surface area contributed by atoms with Gasteiger partial charge in [0.2, 0.25) is 5.91 Å². The SMILES string of the molecule is COc1ccc(N(CCc2ccc(C(F)(F)F)cc2)C(=O)CC2=CCCC=C2)cc1OC. The van der Waals surface area contributed by atoms with Gasteiger partial charge in [-0.3, -0.25) is 4.79 Å². The van der Waals surface area contributed by atoms with Crippen LogP contribution in [0.3, 0.4) is 0 Å². The van der Waals surface area contributed by atoms with Crippen molar-refractivity contribution in [3.05, 3.63) is 77.4 Å². The second-order valence-corrected chi connectivity index (χ2v) is 7.46. The number of allylic oxidation sites excluding steroid dienone is 3. The molecule has 0 fully saturated rings. The summed E-state index contributed by atoms with van der Waals surface area (Å²) in [5, 5.41) is 0. The summed E-state index contributed by atoms with van der Waals surface area (Å²) in [6.45, 7) is 0.316. The monoisotopic (exact) mass is 445 g/mol. The van der Waals surface area contributed by atoms with Crippen LogP contribution in [0.1, 0.15) is 30.4 Å². The number of hydrogen-bond acceptors (Lipinski definition) is 3. The van der Waals surface area contributed by atoms with Gasteiger partial charge in [0.05, 0.1) is 26.2 Å². The average Bonchev–Trinajstić information content (AvgIpc) is 2.79. The van der Waals surface area contributed by atoms with Gasteiger partial charge in [-0.1, -0.05) is 30.4 Å². The molecule has 0 heterocycles. The highest BCUT2D eigenvalue weighted by molar-refractivity contribution is 5.95. The third-order valence-corrected chi connectivity index (χ3v) is 5.31. The fourth-order valence-electron chi connectivity index (χ4n) is 3.56. The molecule has 4 nitrogen and oxygen atoms in total. The number of rotatable bonds is 8. The summed E-state index contributed by atoms with van der Waals surface area (Å²) < 4.78 is 49.1. The minimum atomic E-state index is -4.37. The van der Waals surface area contributed by atoms with Crippen LogP contribution in [-0.4, -0.2) is 26.7 Å². The van der Waals surface area contributed by atoms with Crippen molar-refractivity contribution in [1.82, 2.24) is 0 Å². The number of methoxy groups -OCH3 is 2. The number of benzene rings is 2. The van der Waals surface area contributed by atoms with Crippen molar-refractivity contribution in [3.8, 4) is 11.5 Å². The highest BCUT2D eigenvalue weighted by atomic mass is 19.4. The second-order valence-electron chi connectivity index (χ2n) is 7.46. The van der Waals surface area contributed by atoms with Crippen molar-refractivity contribution in [2.45, 2.75) is 31.9 Å². The van der Waals surface area contributed by atoms with Gasteiger partial charge in [-0.05, 0) is 54.7 Å². The first-order valence-electron chi connectivity index (χ1n) is 10.4. The molecule has 0 aliphatic heterocycles. The van der Waals surface area contributed by atoms with Crippen LogP contribution in [0, 0.1) is 0 Å². The van der Waals surface area contributed by atoms with Gasteiger partial charge in [-0.15, -0.1) is 0 Å². The van der Waals surface area contributed by atoms with Crippen molar-refractivity contribution in [3.63, 3.8) is 0 Å². The summed E-state index contributed by atoms with van der Waals surface area (Å²) in [4.78, 5) is 14.8. The maximum Gasteiger partial charge on any atom is 0.416 e. The quantitative estimate of drug-likeness (QED) is 0.503. The highest BCUT2D eigenvalue weighted by Gasteiger charge is 2.30. The Morgan fingerprint density at radius 1 is 1.00 bits per heavy atom. The van der Waals surface area contributed by atoms with E-state index < -0.39 is 11.7 Å². The molecule has 0 aromatic heterocycles. The van der Waals surface area contributed by atoms with E-state index in [0.717, 1.165) is 30.5 Å². The largest absolute Gasteiger partial charge is 0.493 e. The Balaban J connectivity index is 1.82. The molecule has 0 N–H and O–H groups in total. The lowest BCUT2D eigenvalue weighted by Gasteiger charge is -2.25. The molecule has 0 unspecified atom stereocenters. The third kappa shape index (κ3) is 5.93. The molecule has 3 rings (SSSR count). The summed E-state index contributed by atoms with van der Waals surface area (Å²) >= 11 is 0. The predicted octanol–water partition coefficient (Wildman–Crippen LogP) is 5.96. The Morgan fingerprint density at radius 2 is 1.72 bits per heavy atom. The van der Waals surface area contributed by atoms with E-state index in [2.05, 4.69) is 6.08 Å². The Kier molecular flexibility index (Phi) is 7.62. The molecule has 0 radical (unpaired) electrons. The van der Waals surface area contributed by atoms with Gasteiger partial charge in [0.1, 0.15) is 0 Å². The molecular formula is C25H26F3NO3. The third-order valence-electron chi connectivity index (χ3n) is 5.31. The van der Waals surface area contributed by atoms with Gasteiger partial charge in [0.15, 0.2) is 11.5 Å². The van der Waals surface area contributed by atoms with Gasteiger partial charge in [-0.25, -0.2) is 0 Å². The number of hydrogen-bond donors (Lipinski definition) is 0. The molecule has 0 bridgehead atoms. The Morgan fingerprint density at radius 3 is 2.31 bits per heavy atom. The summed E-state index contributed by atoms with van der Waals surface area (Å²) in [6, 6.07) is 10.3. The van der Waals surface area contributed by atoms with Crippen molar-refractivity contribution in [2.75, 3.05) is 25.7 Å². The van der Waals surface area contributed by atoms with Gasteiger partial charge in [0, 0.05) is 18.3 Å². The van der Waals surface area contributed by atoms with Crippen LogP contribution in [0.25, 0.3) is 0 Å². The summed E-state index contributed by atoms with van der Waals surface area (Å²) in [5.74, 6) is 0.945. The fourth-order valence-corrected chi connectivity index (χ4v) is 3.56. The van der Waals surface area contributed by atoms with E-state index in [1.165, 1.54) is 26.4 Å². The lowest BCUT2D eigenvalue weighted by Crippen LogP contribution is -2.33. The van der Waals surface area contributed by atoms with Crippen LogP contribution in [0.2, 0.25) is 0 Å². The Bertz CT molecular complexity index is 994. The van der Waals surface area contributed by atoms with Gasteiger partial charge >= 0.3 is 6.18 Å². The molecule has 32 heavy (non-hydrogen) atoms. The zero-order valence-electron chi connectivity index (χ0n) is 18.1. The molecule has 1 aliphatic carbocycles. The van der Waals surface area contributed by atoms with E-state index in [0.29, 0.717) is 35.7 Å². The van der Waals surface area contributed by atoms with Crippen LogP contribution in [0.4, 0.5) is 18.9 Å². The van der Waals surface area contributed by atoms with Crippen LogP contribution < -0.4 is 14.4 Å². The van der Waals surface area contributed by atoms with Crippen LogP contribution in [0.5, 0.6) is 11.5 Å². The van der Waals surface area contributed by atoms with Crippen molar-refractivity contribution in [1.29, 1.82) is 0 Å². The number of anilines is 1. The van der Waals surface area contributed by atoms with Gasteiger partial charge < -0.3 is 14.4 Å². The minimum Gasteiger partial charge on any atom is -0.493 e. The van der Waals surface area contributed by atoms with Gasteiger partial charge in [0.25, 0.3) is 0 Å². The zero-order chi connectivity index (χ0) is 23.1. The van der Waals surface area contributed by atoms with Crippen molar-refractivity contribution in [2.24, 2.45) is 0 Å². The number of ether oxygens (including phenoxy) is 2. The lowest BCUT2D eigenvalue weighted by molar-refractivity contribution is -0.137. The normalized spacial score (nSPS) is 13.5. The Hall–Kier alpha value is -3.22. The molecule has 170 valence electrons. The molecule has 2 aromatic rings. The molecule has 0 saturated carbocycles. The average molecular weight is 445 g/mol. The number of amides is 1. The van der Waals surface area contributed by atoms with Crippen LogP contribution in [-0.2, 0) is 17.4 Å². The second kappa shape index (κ2) is 10.4. The number of halogens is 3. The molecule has 1 amide bonds. The Labute approximate surface area is 185 Å². The van der Waals surface area contributed by atoms with E-state index in [9.17, 15) is 18.0 Å². The van der Waals surface area contributed by atoms with Crippen molar-refractivity contribution < 1.29 is 27.4 Å². The van der Waals surface area contributed by atoms with Gasteiger partial charge in [-0.2, -0.15) is 13.2 Å².